The average Bonchev–Trinajstić information content (AvgIpc) is 2.55. The third kappa shape index (κ3) is 5.26. The van der Waals surface area contributed by atoms with E-state index in [-0.39, 0.29) is 11.5 Å². The summed E-state index contributed by atoms with van der Waals surface area (Å²) in [5, 5.41) is 14.3. The van der Waals surface area contributed by atoms with Gasteiger partial charge in [-0.2, -0.15) is 5.26 Å². The molecule has 7 nitrogen and oxygen atoms in total. The summed E-state index contributed by atoms with van der Waals surface area (Å²) in [6.45, 7) is 0.878. The minimum atomic E-state index is -0.718. The van der Waals surface area contributed by atoms with Crippen LogP contribution in [0.5, 0.6) is 0 Å². The number of nitrogens with one attached hydrogen (secondary N) is 2. The van der Waals surface area contributed by atoms with Crippen LogP contribution in [0.25, 0.3) is 0 Å². The van der Waals surface area contributed by atoms with Crippen molar-refractivity contribution in [1.82, 2.24) is 5.32 Å². The van der Waals surface area contributed by atoms with Crippen LogP contribution in [0.1, 0.15) is 10.4 Å². The molecule has 1 aromatic carbocycles. The monoisotopic (exact) mass is 303 g/mol. The van der Waals surface area contributed by atoms with Crippen LogP contribution in [0, 0.1) is 11.3 Å². The topological polar surface area (TPSA) is 100 Å². The highest BCUT2D eigenvalue weighted by atomic mass is 16.5. The molecule has 0 aliphatic heterocycles. The van der Waals surface area contributed by atoms with Gasteiger partial charge in [0.1, 0.15) is 6.07 Å². The number of methoxy groups -OCH3 is 2. The van der Waals surface area contributed by atoms with E-state index in [1.54, 1.807) is 37.4 Å². The minimum Gasteiger partial charge on any atom is -0.465 e. The van der Waals surface area contributed by atoms with E-state index in [1.807, 2.05) is 0 Å². The van der Waals surface area contributed by atoms with Crippen LogP contribution in [-0.2, 0) is 14.3 Å². The Morgan fingerprint density at radius 2 is 1.95 bits per heavy atom. The summed E-state index contributed by atoms with van der Waals surface area (Å²) < 4.78 is 9.30. The molecule has 0 fully saturated rings. The SMILES string of the molecule is COCCNC(=O)c1ccc(N/C=C(\C#N)C(=O)OC)cc1. The summed E-state index contributed by atoms with van der Waals surface area (Å²) in [6.07, 6.45) is 1.25. The van der Waals surface area contributed by atoms with Gasteiger partial charge in [0.05, 0.1) is 13.7 Å². The van der Waals surface area contributed by atoms with Crippen LogP contribution in [0.15, 0.2) is 36.0 Å². The molecule has 0 aromatic heterocycles. The van der Waals surface area contributed by atoms with Crippen LogP contribution >= 0.6 is 0 Å². The molecule has 0 bridgehead atoms. The number of hydrogen-bond acceptors (Lipinski definition) is 6. The summed E-state index contributed by atoms with van der Waals surface area (Å²) in [4.78, 5) is 23.0. The Kier molecular flexibility index (Phi) is 7.16. The van der Waals surface area contributed by atoms with Crippen molar-refractivity contribution in [1.29, 1.82) is 5.26 Å². The number of anilines is 1. The number of benzene rings is 1. The van der Waals surface area contributed by atoms with Crippen molar-refractivity contribution in [2.45, 2.75) is 0 Å². The maximum absolute atomic E-state index is 11.8. The third-order valence-electron chi connectivity index (χ3n) is 2.65. The van der Waals surface area contributed by atoms with Crippen LogP contribution in [-0.4, -0.2) is 39.2 Å². The van der Waals surface area contributed by atoms with E-state index >= 15 is 0 Å². The highest BCUT2D eigenvalue weighted by Crippen LogP contribution is 2.10. The number of nitrogens with zero attached hydrogens (tertiary/aromatic N) is 1. The van der Waals surface area contributed by atoms with E-state index in [1.165, 1.54) is 13.3 Å². The molecule has 0 heterocycles. The first-order chi connectivity index (χ1) is 10.6. The molecule has 0 unspecified atom stereocenters. The number of carbonyl (C=O) groups excluding carboxylic acids is 2. The molecule has 0 radical (unpaired) electrons. The molecule has 0 aliphatic carbocycles. The van der Waals surface area contributed by atoms with E-state index in [4.69, 9.17) is 10.00 Å². The van der Waals surface area contributed by atoms with Crippen molar-refractivity contribution in [3.63, 3.8) is 0 Å². The molecule has 1 rings (SSSR count). The number of carbonyl (C=O) groups is 2. The lowest BCUT2D eigenvalue weighted by Gasteiger charge is -2.06. The zero-order valence-corrected chi connectivity index (χ0v) is 12.4. The first kappa shape index (κ1) is 17.2. The number of esters is 1. The molecule has 1 aromatic rings. The van der Waals surface area contributed by atoms with Gasteiger partial charge in [0.25, 0.3) is 5.91 Å². The zero-order valence-electron chi connectivity index (χ0n) is 12.4. The van der Waals surface area contributed by atoms with E-state index in [0.717, 1.165) is 0 Å². The summed E-state index contributed by atoms with van der Waals surface area (Å²) in [5.41, 5.74) is 0.980. The smallest absolute Gasteiger partial charge is 0.350 e. The Morgan fingerprint density at radius 1 is 1.27 bits per heavy atom. The molecule has 1 amide bonds. The second kappa shape index (κ2) is 9.15. The van der Waals surface area contributed by atoms with Crippen LogP contribution < -0.4 is 10.6 Å². The largest absolute Gasteiger partial charge is 0.465 e. The van der Waals surface area contributed by atoms with Crippen molar-refractivity contribution < 1.29 is 19.1 Å². The van der Waals surface area contributed by atoms with Crippen molar-refractivity contribution in [2.75, 3.05) is 32.7 Å². The van der Waals surface area contributed by atoms with Gasteiger partial charge in [-0.05, 0) is 24.3 Å². The second-order valence-corrected chi connectivity index (χ2v) is 4.13. The predicted molar refractivity (Wildman–Crippen MR) is 80.0 cm³/mol. The molecular weight excluding hydrogens is 286 g/mol. The van der Waals surface area contributed by atoms with Crippen molar-refractivity contribution in [2.24, 2.45) is 0 Å². The fourth-order valence-electron chi connectivity index (χ4n) is 1.49. The van der Waals surface area contributed by atoms with Gasteiger partial charge in [-0.15, -0.1) is 0 Å². The number of rotatable bonds is 7. The molecule has 0 aliphatic rings. The fraction of sp³-hybridized carbons (Fsp3) is 0.267. The molecule has 0 spiro atoms. The molecular formula is C15H17N3O4. The van der Waals surface area contributed by atoms with Crippen LogP contribution in [0.4, 0.5) is 5.69 Å². The Labute approximate surface area is 128 Å². The van der Waals surface area contributed by atoms with Gasteiger partial charge in [0.2, 0.25) is 0 Å². The van der Waals surface area contributed by atoms with Crippen molar-refractivity contribution in [3.8, 4) is 6.07 Å². The van der Waals surface area contributed by atoms with Crippen LogP contribution in [0.2, 0.25) is 0 Å². The maximum atomic E-state index is 11.8. The van der Waals surface area contributed by atoms with Gasteiger partial charge < -0.3 is 20.1 Å². The summed E-state index contributed by atoms with van der Waals surface area (Å²) in [6, 6.07) is 8.31. The first-order valence-electron chi connectivity index (χ1n) is 6.44. The molecule has 0 saturated heterocycles. The minimum absolute atomic E-state index is 0.149. The Hall–Kier alpha value is -2.85. The van der Waals surface area contributed by atoms with Gasteiger partial charge in [-0.3, -0.25) is 4.79 Å². The van der Waals surface area contributed by atoms with E-state index in [0.29, 0.717) is 24.4 Å². The van der Waals surface area contributed by atoms with Crippen molar-refractivity contribution in [3.05, 3.63) is 41.6 Å². The molecule has 2 N–H and O–H groups in total. The predicted octanol–water partition coefficient (Wildman–Crippen LogP) is 1.06. The van der Waals surface area contributed by atoms with E-state index < -0.39 is 5.97 Å². The van der Waals surface area contributed by atoms with Gasteiger partial charge in [0, 0.05) is 31.1 Å². The van der Waals surface area contributed by atoms with E-state index in [2.05, 4.69) is 15.4 Å². The third-order valence-corrected chi connectivity index (χ3v) is 2.65. The summed E-state index contributed by atoms with van der Waals surface area (Å²) in [7, 11) is 2.76. The van der Waals surface area contributed by atoms with Gasteiger partial charge >= 0.3 is 5.97 Å². The van der Waals surface area contributed by atoms with Crippen LogP contribution in [0.3, 0.4) is 0 Å². The maximum Gasteiger partial charge on any atom is 0.350 e. The van der Waals surface area contributed by atoms with Gasteiger partial charge in [-0.25, -0.2) is 4.79 Å². The highest BCUT2D eigenvalue weighted by Gasteiger charge is 2.08. The number of ether oxygens (including phenoxy) is 2. The molecule has 0 atom stereocenters. The Bertz CT molecular complexity index is 588. The standard InChI is InChI=1S/C15H17N3O4/c1-21-8-7-17-14(19)11-3-5-13(6-4-11)18-10-12(9-16)15(20)22-2/h3-6,10,18H,7-8H2,1-2H3,(H,17,19)/b12-10+. The normalized spacial score (nSPS) is 10.5. The lowest BCUT2D eigenvalue weighted by Crippen LogP contribution is -2.26. The zero-order chi connectivity index (χ0) is 16.4. The van der Waals surface area contributed by atoms with Gasteiger partial charge in [-0.1, -0.05) is 0 Å². The average molecular weight is 303 g/mol. The molecule has 7 heteroatoms. The van der Waals surface area contributed by atoms with Crippen molar-refractivity contribution >= 4 is 17.6 Å². The Balaban J connectivity index is 2.65. The Morgan fingerprint density at radius 3 is 2.50 bits per heavy atom. The molecule has 22 heavy (non-hydrogen) atoms. The quantitative estimate of drug-likeness (QED) is 0.338. The molecule has 0 saturated carbocycles. The molecule has 116 valence electrons. The first-order valence-corrected chi connectivity index (χ1v) is 6.44. The summed E-state index contributed by atoms with van der Waals surface area (Å²) >= 11 is 0. The lowest BCUT2D eigenvalue weighted by molar-refractivity contribution is -0.135. The number of amides is 1. The van der Waals surface area contributed by atoms with Gasteiger partial charge in [0.15, 0.2) is 5.57 Å². The second-order valence-electron chi connectivity index (χ2n) is 4.13. The number of nitriles is 1. The number of hydrogen-bond donors (Lipinski definition) is 2. The summed E-state index contributed by atoms with van der Waals surface area (Å²) in [5.74, 6) is -0.921. The fourth-order valence-corrected chi connectivity index (χ4v) is 1.49. The lowest BCUT2D eigenvalue weighted by atomic mass is 10.2. The highest BCUT2D eigenvalue weighted by molar-refractivity contribution is 5.94. The van der Waals surface area contributed by atoms with E-state index in [9.17, 15) is 9.59 Å².